The molecule has 0 aromatic carbocycles. The number of aryl methyl sites for hydroxylation is 1. The summed E-state index contributed by atoms with van der Waals surface area (Å²) in [6, 6.07) is 0. The van der Waals surface area contributed by atoms with Gasteiger partial charge in [0.25, 0.3) is 5.91 Å². The molecule has 1 heterocycles. The van der Waals surface area contributed by atoms with Gasteiger partial charge in [0.2, 0.25) is 0 Å². The van der Waals surface area contributed by atoms with Crippen LogP contribution < -0.4 is 11.1 Å². The van der Waals surface area contributed by atoms with E-state index in [1.165, 1.54) is 0 Å². The standard InChI is InChI=1S/C8H14N4OS/c1-5-6(14-12-11-5)7(13)10-8(2,3)4-9/h4,9H2,1-3H3,(H,10,13). The van der Waals surface area contributed by atoms with Crippen LogP contribution >= 0.6 is 11.5 Å². The van der Waals surface area contributed by atoms with Gasteiger partial charge in [-0.3, -0.25) is 4.79 Å². The summed E-state index contributed by atoms with van der Waals surface area (Å²) in [6.07, 6.45) is 0. The number of aromatic nitrogens is 2. The molecule has 0 aliphatic rings. The quantitative estimate of drug-likeness (QED) is 0.759. The Labute approximate surface area is 86.9 Å². The van der Waals surface area contributed by atoms with Crippen LogP contribution in [0.1, 0.15) is 29.2 Å². The molecular weight excluding hydrogens is 200 g/mol. The third-order valence-corrected chi connectivity index (χ3v) is 2.65. The van der Waals surface area contributed by atoms with Crippen molar-refractivity contribution in [1.82, 2.24) is 14.9 Å². The molecule has 0 saturated heterocycles. The third-order valence-electron chi connectivity index (χ3n) is 1.82. The summed E-state index contributed by atoms with van der Waals surface area (Å²) in [5.74, 6) is -0.159. The number of hydrogen-bond acceptors (Lipinski definition) is 5. The maximum Gasteiger partial charge on any atom is 0.265 e. The molecule has 0 saturated carbocycles. The number of rotatable bonds is 3. The molecule has 0 aliphatic carbocycles. The Hall–Kier alpha value is -1.01. The van der Waals surface area contributed by atoms with E-state index in [1.54, 1.807) is 6.92 Å². The summed E-state index contributed by atoms with van der Waals surface area (Å²) >= 11 is 1.09. The molecule has 0 bridgehead atoms. The van der Waals surface area contributed by atoms with Gasteiger partial charge in [0, 0.05) is 12.1 Å². The first kappa shape index (κ1) is 11.1. The molecule has 0 atom stereocenters. The fourth-order valence-electron chi connectivity index (χ4n) is 0.855. The lowest BCUT2D eigenvalue weighted by atomic mass is 10.1. The van der Waals surface area contributed by atoms with E-state index in [4.69, 9.17) is 5.73 Å². The minimum absolute atomic E-state index is 0.159. The van der Waals surface area contributed by atoms with Crippen molar-refractivity contribution >= 4 is 17.4 Å². The first-order chi connectivity index (χ1) is 6.46. The van der Waals surface area contributed by atoms with Crippen molar-refractivity contribution in [1.29, 1.82) is 0 Å². The van der Waals surface area contributed by atoms with Crippen LogP contribution in [0.4, 0.5) is 0 Å². The number of nitrogens with one attached hydrogen (secondary N) is 1. The molecule has 78 valence electrons. The van der Waals surface area contributed by atoms with Gasteiger partial charge in [-0.25, -0.2) is 0 Å². The van der Waals surface area contributed by atoms with E-state index < -0.39 is 5.54 Å². The smallest absolute Gasteiger partial charge is 0.265 e. The van der Waals surface area contributed by atoms with Gasteiger partial charge in [-0.2, -0.15) is 0 Å². The second-order valence-corrected chi connectivity index (χ2v) is 4.48. The van der Waals surface area contributed by atoms with Crippen LogP contribution in [0.2, 0.25) is 0 Å². The molecule has 6 heteroatoms. The van der Waals surface area contributed by atoms with E-state index >= 15 is 0 Å². The van der Waals surface area contributed by atoms with Gasteiger partial charge in [-0.05, 0) is 32.3 Å². The van der Waals surface area contributed by atoms with Gasteiger partial charge < -0.3 is 11.1 Å². The first-order valence-electron chi connectivity index (χ1n) is 4.28. The van der Waals surface area contributed by atoms with Gasteiger partial charge >= 0.3 is 0 Å². The topological polar surface area (TPSA) is 80.9 Å². The predicted octanol–water partition coefficient (Wildman–Crippen LogP) is 0.314. The number of amides is 1. The van der Waals surface area contributed by atoms with Crippen LogP contribution in [0.5, 0.6) is 0 Å². The molecular formula is C8H14N4OS. The Morgan fingerprint density at radius 3 is 2.71 bits per heavy atom. The Morgan fingerprint density at radius 1 is 1.64 bits per heavy atom. The minimum Gasteiger partial charge on any atom is -0.345 e. The van der Waals surface area contributed by atoms with Crippen LogP contribution in [0.25, 0.3) is 0 Å². The van der Waals surface area contributed by atoms with Crippen molar-refractivity contribution < 1.29 is 4.79 Å². The SMILES string of the molecule is Cc1nnsc1C(=O)NC(C)(C)CN. The van der Waals surface area contributed by atoms with E-state index in [0.717, 1.165) is 11.5 Å². The molecule has 0 aliphatic heterocycles. The van der Waals surface area contributed by atoms with Crippen LogP contribution in [-0.4, -0.2) is 27.6 Å². The summed E-state index contributed by atoms with van der Waals surface area (Å²) in [4.78, 5) is 12.2. The predicted molar refractivity (Wildman–Crippen MR) is 55.2 cm³/mol. The van der Waals surface area contributed by atoms with Crippen LogP contribution in [-0.2, 0) is 0 Å². The summed E-state index contributed by atoms with van der Waals surface area (Å²) < 4.78 is 3.70. The second-order valence-electron chi connectivity index (χ2n) is 3.73. The molecule has 1 aromatic heterocycles. The van der Waals surface area contributed by atoms with Gasteiger partial charge in [0.1, 0.15) is 4.88 Å². The van der Waals surface area contributed by atoms with Gasteiger partial charge in [-0.15, -0.1) is 5.10 Å². The highest BCUT2D eigenvalue weighted by Crippen LogP contribution is 2.10. The average Bonchev–Trinajstić information content (AvgIpc) is 2.51. The average molecular weight is 214 g/mol. The maximum absolute atomic E-state index is 11.7. The second kappa shape index (κ2) is 4.02. The van der Waals surface area contributed by atoms with Gasteiger partial charge in [0.05, 0.1) is 5.69 Å². The van der Waals surface area contributed by atoms with Crippen molar-refractivity contribution in [2.24, 2.45) is 5.73 Å². The number of hydrogen-bond donors (Lipinski definition) is 2. The number of carbonyl (C=O) groups excluding carboxylic acids is 1. The summed E-state index contributed by atoms with van der Waals surface area (Å²) in [7, 11) is 0. The Morgan fingerprint density at radius 2 is 2.29 bits per heavy atom. The zero-order valence-corrected chi connectivity index (χ0v) is 9.31. The number of nitrogens with zero attached hydrogens (tertiary/aromatic N) is 2. The Bertz CT molecular complexity index is 334. The fourth-order valence-corrected chi connectivity index (χ4v) is 1.41. The molecule has 0 fully saturated rings. The molecule has 1 aromatic rings. The highest BCUT2D eigenvalue weighted by Gasteiger charge is 2.21. The van der Waals surface area contributed by atoms with Crippen molar-refractivity contribution in [3.05, 3.63) is 10.6 Å². The van der Waals surface area contributed by atoms with Crippen LogP contribution in [0.15, 0.2) is 0 Å². The molecule has 1 rings (SSSR count). The van der Waals surface area contributed by atoms with Crippen LogP contribution in [0, 0.1) is 6.92 Å². The van der Waals surface area contributed by atoms with E-state index in [0.29, 0.717) is 17.1 Å². The Kier molecular flexibility index (Phi) is 3.17. The molecule has 1 amide bonds. The maximum atomic E-state index is 11.7. The van der Waals surface area contributed by atoms with Crippen molar-refractivity contribution in [3.8, 4) is 0 Å². The molecule has 0 unspecified atom stereocenters. The van der Waals surface area contributed by atoms with E-state index in [2.05, 4.69) is 14.9 Å². The highest BCUT2D eigenvalue weighted by molar-refractivity contribution is 7.08. The molecule has 5 nitrogen and oxygen atoms in total. The monoisotopic (exact) mass is 214 g/mol. The molecule has 3 N–H and O–H groups in total. The molecule has 0 spiro atoms. The van der Waals surface area contributed by atoms with Crippen LogP contribution in [0.3, 0.4) is 0 Å². The first-order valence-corrected chi connectivity index (χ1v) is 5.05. The third kappa shape index (κ3) is 2.49. The van der Waals surface area contributed by atoms with Gasteiger partial charge in [-0.1, -0.05) is 4.49 Å². The van der Waals surface area contributed by atoms with Crippen molar-refractivity contribution in [2.75, 3.05) is 6.54 Å². The summed E-state index contributed by atoms with van der Waals surface area (Å²) in [5.41, 5.74) is 5.76. The van der Waals surface area contributed by atoms with Gasteiger partial charge in [0.15, 0.2) is 0 Å². The minimum atomic E-state index is -0.395. The summed E-state index contributed by atoms with van der Waals surface area (Å²) in [6.45, 7) is 5.89. The van der Waals surface area contributed by atoms with E-state index in [1.807, 2.05) is 13.8 Å². The zero-order valence-electron chi connectivity index (χ0n) is 8.50. The zero-order chi connectivity index (χ0) is 10.8. The normalized spacial score (nSPS) is 11.4. The number of nitrogens with two attached hydrogens (primary N) is 1. The molecule has 14 heavy (non-hydrogen) atoms. The lowest BCUT2D eigenvalue weighted by Gasteiger charge is -2.23. The van der Waals surface area contributed by atoms with Crippen molar-refractivity contribution in [3.63, 3.8) is 0 Å². The fraction of sp³-hybridized carbons (Fsp3) is 0.625. The number of carbonyl (C=O) groups is 1. The van der Waals surface area contributed by atoms with Crippen molar-refractivity contribution in [2.45, 2.75) is 26.3 Å². The summed E-state index contributed by atoms with van der Waals surface area (Å²) in [5, 5.41) is 6.59. The Balaban J connectivity index is 2.73. The van der Waals surface area contributed by atoms with E-state index in [-0.39, 0.29) is 5.91 Å². The van der Waals surface area contributed by atoms with E-state index in [9.17, 15) is 4.79 Å². The largest absolute Gasteiger partial charge is 0.345 e. The molecule has 0 radical (unpaired) electrons. The lowest BCUT2D eigenvalue weighted by molar-refractivity contribution is 0.0919. The lowest BCUT2D eigenvalue weighted by Crippen LogP contribution is -2.48. The highest BCUT2D eigenvalue weighted by atomic mass is 32.1.